The highest BCUT2D eigenvalue weighted by Gasteiger charge is 2.20. The van der Waals surface area contributed by atoms with E-state index in [1.165, 1.54) is 7.11 Å². The molecule has 0 atom stereocenters. The van der Waals surface area contributed by atoms with Crippen molar-refractivity contribution in [2.75, 3.05) is 12.8 Å². The molecule has 2 aromatic carbocycles. The highest BCUT2D eigenvalue weighted by molar-refractivity contribution is 6.01. The second-order valence-electron chi connectivity index (χ2n) is 5.59. The van der Waals surface area contributed by atoms with E-state index in [1.54, 1.807) is 0 Å². The Morgan fingerprint density at radius 3 is 2.62 bits per heavy atom. The minimum atomic E-state index is 0.187. The summed E-state index contributed by atoms with van der Waals surface area (Å²) in [4.78, 5) is 9.70. The lowest BCUT2D eigenvalue weighted by Crippen LogP contribution is -2.13. The van der Waals surface area contributed by atoms with E-state index in [2.05, 4.69) is 20.5 Å². The first kappa shape index (κ1) is 15.8. The van der Waals surface area contributed by atoms with Gasteiger partial charge in [-0.15, -0.1) is 0 Å². The molecule has 2 aromatic heterocycles. The first-order chi connectivity index (χ1) is 12.8. The first-order valence-electron chi connectivity index (χ1n) is 7.97. The smallest absolute Gasteiger partial charge is 0.199 e. The number of anilines is 1. The van der Waals surface area contributed by atoms with Crippen LogP contribution in [-0.4, -0.2) is 32.7 Å². The quantitative estimate of drug-likeness (QED) is 0.439. The lowest BCUT2D eigenvalue weighted by atomic mass is 10.1. The van der Waals surface area contributed by atoms with Crippen molar-refractivity contribution in [2.24, 2.45) is 5.16 Å². The molecule has 0 saturated heterocycles. The van der Waals surface area contributed by atoms with Gasteiger partial charge < -0.3 is 15.1 Å². The third kappa shape index (κ3) is 2.77. The molecular weight excluding hydrogens is 332 g/mol. The number of nitrogen functional groups attached to an aromatic ring is 1. The molecule has 0 spiro atoms. The predicted octanol–water partition coefficient (Wildman–Crippen LogP) is 2.72. The van der Waals surface area contributed by atoms with Gasteiger partial charge in [0.1, 0.15) is 12.8 Å². The van der Waals surface area contributed by atoms with Gasteiger partial charge in [-0.1, -0.05) is 47.6 Å². The molecule has 0 fully saturated rings. The van der Waals surface area contributed by atoms with E-state index >= 15 is 0 Å². The molecular formula is C18H16N6O2. The number of aromatic nitrogens is 4. The lowest BCUT2D eigenvalue weighted by molar-refractivity contribution is 0.212. The topological polar surface area (TPSA) is 104 Å². The van der Waals surface area contributed by atoms with Crippen LogP contribution in [0.3, 0.4) is 0 Å². The first-order valence-corrected chi connectivity index (χ1v) is 7.97. The Morgan fingerprint density at radius 2 is 1.88 bits per heavy atom. The number of rotatable bonds is 5. The van der Waals surface area contributed by atoms with Crippen LogP contribution in [0.5, 0.6) is 0 Å². The van der Waals surface area contributed by atoms with Gasteiger partial charge in [-0.3, -0.25) is 0 Å². The fraction of sp³-hybridized carbons (Fsp3) is 0.111. The molecule has 0 amide bonds. The Bertz CT molecular complexity index is 1070. The molecule has 2 N–H and O–H groups in total. The zero-order valence-corrected chi connectivity index (χ0v) is 14.0. The van der Waals surface area contributed by atoms with Crippen LogP contribution in [0.1, 0.15) is 5.56 Å². The maximum Gasteiger partial charge on any atom is 0.199 e. The average Bonchev–Trinajstić information content (AvgIpc) is 3.25. The summed E-state index contributed by atoms with van der Waals surface area (Å²) in [6.45, 7) is 0.417. The maximum absolute atomic E-state index is 5.89. The molecule has 26 heavy (non-hydrogen) atoms. The number of imidazole rings is 1. The minimum absolute atomic E-state index is 0.187. The van der Waals surface area contributed by atoms with Crippen LogP contribution in [0.2, 0.25) is 0 Å². The molecule has 2 heterocycles. The summed E-state index contributed by atoms with van der Waals surface area (Å²) in [5.74, 6) is 0.746. The molecule has 0 aliphatic carbocycles. The fourth-order valence-electron chi connectivity index (χ4n) is 2.83. The summed E-state index contributed by atoms with van der Waals surface area (Å²) in [5, 5.41) is 11.8. The summed E-state index contributed by atoms with van der Waals surface area (Å²) in [6.07, 6.45) is 0. The molecule has 0 aliphatic heterocycles. The van der Waals surface area contributed by atoms with E-state index in [-0.39, 0.29) is 5.82 Å². The summed E-state index contributed by atoms with van der Waals surface area (Å²) in [5.41, 5.74) is 9.71. The second-order valence-corrected chi connectivity index (χ2v) is 5.59. The van der Waals surface area contributed by atoms with Crippen molar-refractivity contribution < 1.29 is 9.47 Å². The van der Waals surface area contributed by atoms with Gasteiger partial charge in [-0.05, 0) is 22.4 Å². The zero-order chi connectivity index (χ0) is 17.9. The van der Waals surface area contributed by atoms with E-state index in [9.17, 15) is 0 Å². The predicted molar refractivity (Wildman–Crippen MR) is 97.4 cm³/mol. The Kier molecular flexibility index (Phi) is 4.06. The number of hydrogen-bond donors (Lipinski definition) is 1. The number of hydrogen-bond acceptors (Lipinski definition) is 7. The van der Waals surface area contributed by atoms with Crippen LogP contribution in [0.25, 0.3) is 22.6 Å². The largest absolute Gasteiger partial charge is 0.399 e. The van der Waals surface area contributed by atoms with Crippen LogP contribution < -0.4 is 5.73 Å². The zero-order valence-electron chi connectivity index (χ0n) is 14.0. The third-order valence-electron chi connectivity index (χ3n) is 4.00. The van der Waals surface area contributed by atoms with Crippen molar-refractivity contribution in [2.45, 2.75) is 6.54 Å². The van der Waals surface area contributed by atoms with E-state index in [0.717, 1.165) is 22.3 Å². The fourth-order valence-corrected chi connectivity index (χ4v) is 2.83. The van der Waals surface area contributed by atoms with Crippen molar-refractivity contribution >= 4 is 22.6 Å². The highest BCUT2D eigenvalue weighted by atomic mass is 16.6. The van der Waals surface area contributed by atoms with Gasteiger partial charge in [0.05, 0.1) is 17.6 Å². The molecule has 0 bridgehead atoms. The van der Waals surface area contributed by atoms with Crippen molar-refractivity contribution in [3.63, 3.8) is 0 Å². The number of benzene rings is 2. The van der Waals surface area contributed by atoms with E-state index in [0.29, 0.717) is 18.1 Å². The van der Waals surface area contributed by atoms with Crippen LogP contribution in [0.4, 0.5) is 5.82 Å². The second kappa shape index (κ2) is 6.67. The summed E-state index contributed by atoms with van der Waals surface area (Å²) in [6, 6.07) is 17.6. The molecule has 8 heteroatoms. The molecule has 0 saturated carbocycles. The van der Waals surface area contributed by atoms with Crippen LogP contribution in [-0.2, 0) is 11.4 Å². The summed E-state index contributed by atoms with van der Waals surface area (Å²) >= 11 is 0. The van der Waals surface area contributed by atoms with Crippen LogP contribution >= 0.6 is 0 Å². The third-order valence-corrected chi connectivity index (χ3v) is 4.00. The lowest BCUT2D eigenvalue weighted by Gasteiger charge is -2.10. The van der Waals surface area contributed by atoms with Gasteiger partial charge in [0.15, 0.2) is 17.3 Å². The van der Waals surface area contributed by atoms with Crippen molar-refractivity contribution in [3.05, 3.63) is 60.2 Å². The average molecular weight is 348 g/mol. The molecule has 0 radical (unpaired) electrons. The number of nitrogens with two attached hydrogens (primary N) is 1. The van der Waals surface area contributed by atoms with Gasteiger partial charge in [0.2, 0.25) is 0 Å². The van der Waals surface area contributed by atoms with Crippen LogP contribution in [0, 0.1) is 0 Å². The normalized spacial score (nSPS) is 11.8. The Balaban J connectivity index is 1.87. The Hall–Kier alpha value is -3.68. The molecule has 4 rings (SSSR count). The molecule has 4 aromatic rings. The van der Waals surface area contributed by atoms with Gasteiger partial charge in [0, 0.05) is 5.56 Å². The Labute approximate surface area is 148 Å². The van der Waals surface area contributed by atoms with Crippen molar-refractivity contribution in [3.8, 4) is 11.5 Å². The maximum atomic E-state index is 5.89. The molecule has 0 unspecified atom stereocenters. The van der Waals surface area contributed by atoms with Gasteiger partial charge >= 0.3 is 0 Å². The van der Waals surface area contributed by atoms with Crippen molar-refractivity contribution in [1.82, 2.24) is 19.9 Å². The van der Waals surface area contributed by atoms with Gasteiger partial charge in [-0.25, -0.2) is 9.61 Å². The van der Waals surface area contributed by atoms with E-state index < -0.39 is 0 Å². The van der Waals surface area contributed by atoms with Crippen molar-refractivity contribution in [1.29, 1.82) is 0 Å². The van der Waals surface area contributed by atoms with Gasteiger partial charge in [-0.2, -0.15) is 0 Å². The Morgan fingerprint density at radius 1 is 1.12 bits per heavy atom. The number of para-hydroxylation sites is 2. The summed E-state index contributed by atoms with van der Waals surface area (Å²) < 4.78 is 6.72. The minimum Gasteiger partial charge on any atom is -0.399 e. The number of nitrogens with zero attached hydrogens (tertiary/aromatic N) is 5. The molecule has 8 nitrogen and oxygen atoms in total. The summed E-state index contributed by atoms with van der Waals surface area (Å²) in [7, 11) is 1.52. The van der Waals surface area contributed by atoms with E-state index in [1.807, 2.05) is 59.2 Å². The number of fused-ring (bicyclic) bond motifs is 1. The number of oxime groups is 1. The highest BCUT2D eigenvalue weighted by Crippen LogP contribution is 2.27. The van der Waals surface area contributed by atoms with E-state index in [4.69, 9.17) is 15.2 Å². The SMILES string of the molecule is CON=C(Cn1c(-c2nonc2N)nc2ccccc21)c1ccccc1. The standard InChI is InChI=1S/C18H16N6O2/c1-25-21-14(12-7-3-2-4-8-12)11-24-15-10-6-5-9-13(15)20-18(24)16-17(19)23-26-22-16/h2-10H,11H2,1H3,(H2,19,23). The molecule has 130 valence electrons. The van der Waals surface area contributed by atoms with Crippen LogP contribution in [0.15, 0.2) is 64.4 Å². The molecule has 0 aliphatic rings. The monoisotopic (exact) mass is 348 g/mol. The van der Waals surface area contributed by atoms with Gasteiger partial charge in [0.25, 0.3) is 0 Å².